The summed E-state index contributed by atoms with van der Waals surface area (Å²) in [7, 11) is -9.55. The second kappa shape index (κ2) is 16.7. The average molecular weight is 512 g/mol. The number of aliphatic hydroxyl groups excluding tert-OH is 1. The van der Waals surface area contributed by atoms with Crippen LogP contribution in [0.3, 0.4) is 0 Å². The van der Waals surface area contributed by atoms with Crippen molar-refractivity contribution in [3.8, 4) is 0 Å². The molecule has 0 aliphatic carbocycles. The molecule has 0 saturated heterocycles. The van der Waals surface area contributed by atoms with E-state index in [1.165, 1.54) is 0 Å². The van der Waals surface area contributed by atoms with E-state index in [1.807, 2.05) is 0 Å². The van der Waals surface area contributed by atoms with Gasteiger partial charge in [-0.3, -0.25) is 37.3 Å². The fourth-order valence-corrected chi connectivity index (χ4v) is 3.12. The fraction of sp³-hybridized carbons (Fsp3) is 0.692. The molecule has 0 heterocycles. The molecule has 0 saturated carbocycles. The largest absolute Gasteiger partial charge is 0.472 e. The summed E-state index contributed by atoms with van der Waals surface area (Å²) in [5.41, 5.74) is 0. The number of hydrogen-bond donors (Lipinski definition) is 3. The van der Waals surface area contributed by atoms with Crippen molar-refractivity contribution in [1.29, 1.82) is 0 Å². The van der Waals surface area contributed by atoms with Crippen molar-refractivity contribution in [1.82, 2.24) is 0 Å². The van der Waals surface area contributed by atoms with E-state index >= 15 is 0 Å². The molecule has 32 heavy (non-hydrogen) atoms. The van der Waals surface area contributed by atoms with E-state index in [1.54, 1.807) is 0 Å². The van der Waals surface area contributed by atoms with Crippen molar-refractivity contribution < 1.29 is 80.2 Å². The van der Waals surface area contributed by atoms with Crippen LogP contribution >= 0.6 is 15.6 Å². The third-order valence-electron chi connectivity index (χ3n) is 2.90. The smallest absolute Gasteiger partial charge is 0.464 e. The predicted octanol–water partition coefficient (Wildman–Crippen LogP) is -1.96. The molecule has 0 aromatic carbocycles. The number of hydrogen-bond acceptors (Lipinski definition) is 15. The monoisotopic (exact) mass is 512 g/mol. The van der Waals surface area contributed by atoms with Crippen LogP contribution in [0, 0.1) is 0 Å². The summed E-state index contributed by atoms with van der Waals surface area (Å²) in [6, 6.07) is 0. The van der Waals surface area contributed by atoms with Crippen molar-refractivity contribution in [2.24, 2.45) is 0 Å². The van der Waals surface area contributed by atoms with Crippen LogP contribution in [0.25, 0.3) is 0 Å². The highest BCUT2D eigenvalue weighted by Crippen LogP contribution is 2.45. The van der Waals surface area contributed by atoms with Crippen LogP contribution in [0.15, 0.2) is 0 Å². The van der Waals surface area contributed by atoms with Crippen LogP contribution in [0.1, 0.15) is 0 Å². The zero-order chi connectivity index (χ0) is 24.5. The lowest BCUT2D eigenvalue weighted by atomic mass is 10.4. The summed E-state index contributed by atoms with van der Waals surface area (Å²) in [6.45, 7) is -4.07. The lowest BCUT2D eigenvalue weighted by Gasteiger charge is -2.19. The second-order valence-electron chi connectivity index (χ2n) is 5.34. The van der Waals surface area contributed by atoms with Gasteiger partial charge in [-0.05, 0) is 0 Å². The maximum Gasteiger partial charge on any atom is 0.472 e. The van der Waals surface area contributed by atoms with Gasteiger partial charge in [-0.25, -0.2) is 9.13 Å². The van der Waals surface area contributed by atoms with Gasteiger partial charge in [-0.15, -0.1) is 0 Å². The first-order valence-electron chi connectivity index (χ1n) is 8.29. The number of carbonyl (C=O) groups excluding carboxylic acids is 4. The summed E-state index contributed by atoms with van der Waals surface area (Å²) < 4.78 is 58.9. The zero-order valence-electron chi connectivity index (χ0n) is 16.2. The van der Waals surface area contributed by atoms with Gasteiger partial charge < -0.3 is 33.8 Å². The van der Waals surface area contributed by atoms with Gasteiger partial charge in [0.2, 0.25) is 0 Å². The van der Waals surface area contributed by atoms with Gasteiger partial charge in [-0.1, -0.05) is 0 Å². The third-order valence-corrected chi connectivity index (χ3v) is 4.81. The van der Waals surface area contributed by atoms with Crippen LogP contribution in [0.5, 0.6) is 0 Å². The summed E-state index contributed by atoms with van der Waals surface area (Å²) in [6.07, 6.45) is -4.13. The normalized spacial score (nSPS) is 17.5. The van der Waals surface area contributed by atoms with Gasteiger partial charge in [0.25, 0.3) is 25.9 Å². The van der Waals surface area contributed by atoms with Crippen molar-refractivity contribution in [3.63, 3.8) is 0 Å². The van der Waals surface area contributed by atoms with Gasteiger partial charge in [0.1, 0.15) is 19.3 Å². The Labute approximate surface area is 180 Å². The number of rotatable bonds is 22. The maximum absolute atomic E-state index is 11.7. The molecule has 0 rings (SSSR count). The number of ether oxygens (including phenoxy) is 4. The Bertz CT molecular complexity index is 602. The first kappa shape index (κ1) is 30.1. The molecule has 17 nitrogen and oxygen atoms in total. The van der Waals surface area contributed by atoms with Crippen molar-refractivity contribution >= 4 is 41.5 Å². The first-order valence-corrected chi connectivity index (χ1v) is 11.3. The summed E-state index contributed by atoms with van der Waals surface area (Å²) in [5, 5.41) is 9.65. The molecule has 19 heteroatoms. The molecular formula is C13H22O17P2. The summed E-state index contributed by atoms with van der Waals surface area (Å²) >= 11 is 0. The SMILES string of the molecule is O=COC[C@H](COP(=O)(O)OCC(O)COP(=O)(O)OC[C@@H](COC=O)OC=O)OC=O. The first-order chi connectivity index (χ1) is 15.1. The molecule has 2 unspecified atom stereocenters. The van der Waals surface area contributed by atoms with Crippen molar-refractivity contribution in [2.45, 2.75) is 18.3 Å². The summed E-state index contributed by atoms with van der Waals surface area (Å²) in [4.78, 5) is 59.8. The maximum atomic E-state index is 11.7. The topological polar surface area (TPSA) is 237 Å². The Kier molecular flexibility index (Phi) is 15.6. The molecule has 0 fully saturated rings. The Hall–Kier alpha value is -1.94. The van der Waals surface area contributed by atoms with Gasteiger partial charge in [-0.2, -0.15) is 0 Å². The standard InChI is InChI=1S/C13H22O17P2/c14-7-23-3-12(25-9-16)5-29-31(19,20)27-1-11(18)2-28-32(21,22)30-6-13(26-10-17)4-24-8-15/h7-13,18H,1-6H2,(H,19,20)(H,21,22)/t12-,13-/m1/s1. The zero-order valence-corrected chi connectivity index (χ0v) is 18.0. The number of phosphoric ester groups is 2. The second-order valence-corrected chi connectivity index (χ2v) is 8.25. The van der Waals surface area contributed by atoms with Crippen LogP contribution in [-0.4, -0.2) is 98.7 Å². The van der Waals surface area contributed by atoms with Crippen LogP contribution < -0.4 is 0 Å². The highest BCUT2D eigenvalue weighted by Gasteiger charge is 2.28. The Morgan fingerprint density at radius 3 is 1.25 bits per heavy atom. The molecule has 0 aliphatic rings. The van der Waals surface area contributed by atoms with Gasteiger partial charge in [0, 0.05) is 0 Å². The quantitative estimate of drug-likeness (QED) is 0.0811. The lowest BCUT2D eigenvalue weighted by Crippen LogP contribution is -2.26. The Morgan fingerprint density at radius 1 is 0.594 bits per heavy atom. The molecule has 0 aliphatic heterocycles. The predicted molar refractivity (Wildman–Crippen MR) is 95.4 cm³/mol. The van der Waals surface area contributed by atoms with E-state index in [0.29, 0.717) is 0 Å². The van der Waals surface area contributed by atoms with Crippen LogP contribution in [-0.2, 0) is 65.4 Å². The highest BCUT2D eigenvalue weighted by molar-refractivity contribution is 7.47. The Balaban J connectivity index is 4.39. The van der Waals surface area contributed by atoms with Crippen LogP contribution in [0.4, 0.5) is 0 Å². The molecule has 0 spiro atoms. The van der Waals surface area contributed by atoms with E-state index in [9.17, 15) is 43.2 Å². The van der Waals surface area contributed by atoms with Gasteiger partial charge >= 0.3 is 15.6 Å². The molecule has 3 N–H and O–H groups in total. The minimum absolute atomic E-state index is 0.00963. The van der Waals surface area contributed by atoms with Gasteiger partial charge in [0.05, 0.1) is 26.4 Å². The van der Waals surface area contributed by atoms with E-state index in [2.05, 4.69) is 37.0 Å². The van der Waals surface area contributed by atoms with Crippen molar-refractivity contribution in [3.05, 3.63) is 0 Å². The lowest BCUT2D eigenvalue weighted by molar-refractivity contribution is -0.144. The molecule has 0 bridgehead atoms. The number of phosphoric acid groups is 2. The Morgan fingerprint density at radius 2 is 0.938 bits per heavy atom. The molecule has 0 aromatic rings. The molecular weight excluding hydrogens is 490 g/mol. The van der Waals surface area contributed by atoms with E-state index < -0.39 is 73.6 Å². The summed E-state index contributed by atoms with van der Waals surface area (Å²) in [5.74, 6) is 0. The number of carbonyl (C=O) groups is 4. The molecule has 0 radical (unpaired) electrons. The minimum atomic E-state index is -4.77. The molecule has 0 amide bonds. The number of aliphatic hydroxyl groups is 1. The van der Waals surface area contributed by atoms with Gasteiger partial charge in [0.15, 0.2) is 12.2 Å². The average Bonchev–Trinajstić information content (AvgIpc) is 2.75. The van der Waals surface area contributed by atoms with Crippen LogP contribution in [0.2, 0.25) is 0 Å². The van der Waals surface area contributed by atoms with Crippen molar-refractivity contribution in [2.75, 3.05) is 39.6 Å². The van der Waals surface area contributed by atoms with E-state index in [4.69, 9.17) is 0 Å². The minimum Gasteiger partial charge on any atom is -0.464 e. The highest BCUT2D eigenvalue weighted by atomic mass is 31.2. The molecule has 0 aromatic heterocycles. The molecule has 4 atom stereocenters. The third kappa shape index (κ3) is 15.8. The van der Waals surface area contributed by atoms with E-state index in [0.717, 1.165) is 0 Å². The molecule has 186 valence electrons. The van der Waals surface area contributed by atoms with E-state index in [-0.39, 0.29) is 25.9 Å². The fourth-order valence-electron chi connectivity index (χ4n) is 1.54.